The second-order valence-electron chi connectivity index (χ2n) is 5.91. The summed E-state index contributed by atoms with van der Waals surface area (Å²) in [6.45, 7) is 6.37. The van der Waals surface area contributed by atoms with Crippen LogP contribution in [0, 0.1) is 0 Å². The summed E-state index contributed by atoms with van der Waals surface area (Å²) in [5.41, 5.74) is 1.17. The Balaban J connectivity index is 1.96. The first-order chi connectivity index (χ1) is 10.4. The number of fused-ring (bicyclic) bond motifs is 1. The van der Waals surface area contributed by atoms with Gasteiger partial charge in [-0.25, -0.2) is 0 Å². The molecule has 0 atom stereocenters. The lowest BCUT2D eigenvalue weighted by molar-refractivity contribution is 0.174. The first kappa shape index (κ1) is 16.8. The molecule has 122 valence electrons. The van der Waals surface area contributed by atoms with Gasteiger partial charge in [-0.3, -0.25) is 4.99 Å². The molecular formula is C16H25N3O2S. The maximum atomic E-state index is 5.42. The molecule has 1 aliphatic heterocycles. The molecule has 1 aliphatic rings. The fourth-order valence-corrected chi connectivity index (χ4v) is 2.35. The molecule has 1 heterocycles. The minimum absolute atomic E-state index is 0.176. The van der Waals surface area contributed by atoms with Crippen molar-refractivity contribution in [2.45, 2.75) is 25.1 Å². The molecule has 0 unspecified atom stereocenters. The van der Waals surface area contributed by atoms with Crippen LogP contribution < -0.4 is 14.8 Å². The Bertz CT molecular complexity index is 546. The van der Waals surface area contributed by atoms with E-state index in [1.165, 1.54) is 5.56 Å². The van der Waals surface area contributed by atoms with Gasteiger partial charge >= 0.3 is 0 Å². The molecule has 0 aliphatic carbocycles. The SMILES string of the molecule is CN=C(NCC(C)(C)SC)N(C)Cc1ccc2c(c1)OCO2. The van der Waals surface area contributed by atoms with Crippen molar-refractivity contribution in [2.75, 3.05) is 33.7 Å². The molecule has 1 N–H and O–H groups in total. The van der Waals surface area contributed by atoms with E-state index in [4.69, 9.17) is 9.47 Å². The fraction of sp³-hybridized carbons (Fsp3) is 0.562. The second kappa shape index (κ2) is 7.13. The van der Waals surface area contributed by atoms with Crippen LogP contribution in [0.3, 0.4) is 0 Å². The molecule has 0 aromatic heterocycles. The number of benzene rings is 1. The van der Waals surface area contributed by atoms with Gasteiger partial charge in [-0.05, 0) is 37.8 Å². The van der Waals surface area contributed by atoms with Gasteiger partial charge in [0, 0.05) is 31.9 Å². The van der Waals surface area contributed by atoms with Crippen molar-refractivity contribution in [3.63, 3.8) is 0 Å². The van der Waals surface area contributed by atoms with Crippen LogP contribution in [-0.4, -0.2) is 49.3 Å². The van der Waals surface area contributed by atoms with E-state index in [9.17, 15) is 0 Å². The van der Waals surface area contributed by atoms with E-state index in [-0.39, 0.29) is 4.75 Å². The van der Waals surface area contributed by atoms with Crippen LogP contribution in [0.2, 0.25) is 0 Å². The van der Waals surface area contributed by atoms with E-state index in [0.717, 1.165) is 30.5 Å². The second-order valence-corrected chi connectivity index (χ2v) is 7.42. The first-order valence-corrected chi connectivity index (χ1v) is 8.53. The fourth-order valence-electron chi connectivity index (χ4n) is 2.14. The number of hydrogen-bond donors (Lipinski definition) is 1. The third kappa shape index (κ3) is 4.22. The van der Waals surface area contributed by atoms with E-state index in [2.05, 4.69) is 41.4 Å². The average molecular weight is 323 g/mol. The zero-order chi connectivity index (χ0) is 16.2. The van der Waals surface area contributed by atoms with Gasteiger partial charge in [0.05, 0.1) is 0 Å². The average Bonchev–Trinajstić information content (AvgIpc) is 2.95. The van der Waals surface area contributed by atoms with Gasteiger partial charge in [-0.2, -0.15) is 11.8 Å². The first-order valence-electron chi connectivity index (χ1n) is 7.30. The minimum Gasteiger partial charge on any atom is -0.454 e. The minimum atomic E-state index is 0.176. The van der Waals surface area contributed by atoms with Crippen molar-refractivity contribution in [1.29, 1.82) is 0 Å². The molecule has 1 aromatic carbocycles. The largest absolute Gasteiger partial charge is 0.454 e. The predicted octanol–water partition coefficient (Wildman–Crippen LogP) is 2.56. The van der Waals surface area contributed by atoms with Crippen LogP contribution >= 0.6 is 11.8 Å². The Hall–Kier alpha value is -1.56. The van der Waals surface area contributed by atoms with Crippen molar-refractivity contribution in [2.24, 2.45) is 4.99 Å². The molecule has 0 spiro atoms. The molecule has 0 radical (unpaired) electrons. The molecule has 5 nitrogen and oxygen atoms in total. The van der Waals surface area contributed by atoms with Gasteiger partial charge in [-0.1, -0.05) is 6.07 Å². The molecule has 6 heteroatoms. The predicted molar refractivity (Wildman–Crippen MR) is 93.0 cm³/mol. The smallest absolute Gasteiger partial charge is 0.231 e. The summed E-state index contributed by atoms with van der Waals surface area (Å²) in [6.07, 6.45) is 2.13. The molecular weight excluding hydrogens is 298 g/mol. The highest BCUT2D eigenvalue weighted by Crippen LogP contribution is 2.32. The number of rotatable bonds is 5. The molecule has 2 rings (SSSR count). The highest BCUT2D eigenvalue weighted by atomic mass is 32.2. The van der Waals surface area contributed by atoms with Crippen LogP contribution in [-0.2, 0) is 6.54 Å². The number of guanidine groups is 1. The maximum Gasteiger partial charge on any atom is 0.231 e. The summed E-state index contributed by atoms with van der Waals surface area (Å²) in [4.78, 5) is 6.47. The van der Waals surface area contributed by atoms with Crippen molar-refractivity contribution in [3.05, 3.63) is 23.8 Å². The summed E-state index contributed by atoms with van der Waals surface area (Å²) < 4.78 is 10.9. The van der Waals surface area contributed by atoms with Gasteiger partial charge in [-0.15, -0.1) is 0 Å². The van der Waals surface area contributed by atoms with Crippen LogP contribution in [0.1, 0.15) is 19.4 Å². The van der Waals surface area contributed by atoms with E-state index in [1.54, 1.807) is 0 Å². The molecule has 0 fully saturated rings. The Labute approximate surface area is 137 Å². The highest BCUT2D eigenvalue weighted by Gasteiger charge is 2.18. The Kier molecular flexibility index (Phi) is 5.45. The van der Waals surface area contributed by atoms with Gasteiger partial charge < -0.3 is 19.7 Å². The lowest BCUT2D eigenvalue weighted by Crippen LogP contribution is -2.43. The molecule has 0 amide bonds. The monoisotopic (exact) mass is 323 g/mol. The van der Waals surface area contributed by atoms with Crippen LogP contribution in [0.15, 0.2) is 23.2 Å². The maximum absolute atomic E-state index is 5.42. The highest BCUT2D eigenvalue weighted by molar-refractivity contribution is 7.99. The Morgan fingerprint density at radius 1 is 1.36 bits per heavy atom. The number of nitrogens with one attached hydrogen (secondary N) is 1. The number of hydrogen-bond acceptors (Lipinski definition) is 4. The Morgan fingerprint density at radius 3 is 2.77 bits per heavy atom. The van der Waals surface area contributed by atoms with Crippen LogP contribution in [0.5, 0.6) is 11.5 Å². The zero-order valence-corrected chi connectivity index (χ0v) is 14.8. The van der Waals surface area contributed by atoms with Crippen molar-refractivity contribution < 1.29 is 9.47 Å². The molecule has 22 heavy (non-hydrogen) atoms. The van der Waals surface area contributed by atoms with Gasteiger partial charge in [0.15, 0.2) is 17.5 Å². The lowest BCUT2D eigenvalue weighted by Gasteiger charge is -2.27. The van der Waals surface area contributed by atoms with E-state index in [1.807, 2.05) is 38.0 Å². The van der Waals surface area contributed by atoms with Crippen molar-refractivity contribution in [1.82, 2.24) is 10.2 Å². The summed E-state index contributed by atoms with van der Waals surface area (Å²) in [5.74, 6) is 2.52. The van der Waals surface area contributed by atoms with Crippen molar-refractivity contribution >= 4 is 17.7 Å². The van der Waals surface area contributed by atoms with E-state index >= 15 is 0 Å². The number of aliphatic imine (C=N–C) groups is 1. The third-order valence-electron chi connectivity index (χ3n) is 3.65. The topological polar surface area (TPSA) is 46.1 Å². The zero-order valence-electron chi connectivity index (χ0n) is 14.0. The van der Waals surface area contributed by atoms with Gasteiger partial charge in [0.2, 0.25) is 6.79 Å². The molecule has 1 aromatic rings. The number of thioether (sulfide) groups is 1. The number of nitrogens with zero attached hydrogens (tertiary/aromatic N) is 2. The molecule has 0 saturated carbocycles. The van der Waals surface area contributed by atoms with E-state index in [0.29, 0.717) is 6.79 Å². The number of ether oxygens (including phenoxy) is 2. The summed E-state index contributed by atoms with van der Waals surface area (Å²) in [7, 11) is 3.84. The Morgan fingerprint density at radius 2 is 2.09 bits per heavy atom. The molecule has 0 bridgehead atoms. The summed E-state index contributed by atoms with van der Waals surface area (Å²) in [5, 5.41) is 3.43. The van der Waals surface area contributed by atoms with Crippen molar-refractivity contribution in [3.8, 4) is 11.5 Å². The quantitative estimate of drug-likeness (QED) is 0.666. The van der Waals surface area contributed by atoms with E-state index < -0.39 is 0 Å². The standard InChI is InChI=1S/C16H25N3O2S/c1-16(2,22-5)10-18-15(17-3)19(4)9-12-6-7-13-14(8-12)21-11-20-13/h6-8H,9-11H2,1-5H3,(H,17,18). The normalized spacial score (nSPS) is 14.1. The summed E-state index contributed by atoms with van der Waals surface area (Å²) in [6, 6.07) is 6.04. The molecule has 0 saturated heterocycles. The lowest BCUT2D eigenvalue weighted by atomic mass is 10.2. The van der Waals surface area contributed by atoms with Gasteiger partial charge in [0.25, 0.3) is 0 Å². The summed E-state index contributed by atoms with van der Waals surface area (Å²) >= 11 is 1.84. The van der Waals surface area contributed by atoms with Crippen LogP contribution in [0.25, 0.3) is 0 Å². The third-order valence-corrected chi connectivity index (χ3v) is 4.90. The van der Waals surface area contributed by atoms with Gasteiger partial charge in [0.1, 0.15) is 0 Å². The van der Waals surface area contributed by atoms with Crippen LogP contribution in [0.4, 0.5) is 0 Å².